The van der Waals surface area contributed by atoms with Gasteiger partial charge in [-0.1, -0.05) is 19.0 Å². The van der Waals surface area contributed by atoms with Crippen LogP contribution in [0.15, 0.2) is 17.4 Å². The van der Waals surface area contributed by atoms with Crippen LogP contribution in [0.4, 0.5) is 0 Å². The number of amides is 1. The number of aromatic nitrogens is 2. The minimum atomic E-state index is -0.0977. The third-order valence-electron chi connectivity index (χ3n) is 2.68. The lowest BCUT2D eigenvalue weighted by Crippen LogP contribution is -2.37. The molecule has 0 saturated carbocycles. The van der Waals surface area contributed by atoms with Gasteiger partial charge in [0, 0.05) is 32.8 Å². The average molecular weight is 267 g/mol. The van der Waals surface area contributed by atoms with Crippen LogP contribution in [0.25, 0.3) is 0 Å². The molecular formula is C12H21N5O2. The van der Waals surface area contributed by atoms with Gasteiger partial charge in [-0.3, -0.25) is 9.48 Å². The zero-order valence-corrected chi connectivity index (χ0v) is 11.6. The first-order valence-electron chi connectivity index (χ1n) is 6.19. The molecule has 7 nitrogen and oxygen atoms in total. The first-order valence-corrected chi connectivity index (χ1v) is 6.19. The van der Waals surface area contributed by atoms with E-state index in [9.17, 15) is 4.79 Å². The number of nitrogens with two attached hydrogens (primary N) is 1. The van der Waals surface area contributed by atoms with Gasteiger partial charge < -0.3 is 15.8 Å². The van der Waals surface area contributed by atoms with Crippen molar-refractivity contribution in [2.24, 2.45) is 23.9 Å². The fourth-order valence-electron chi connectivity index (χ4n) is 1.76. The molecule has 0 aliphatic carbocycles. The highest BCUT2D eigenvalue weighted by Gasteiger charge is 2.19. The normalized spacial score (nSPS) is 11.9. The SMILES string of the molecule is CC(C)CN(CCC(N)=NO)C(=O)c1ccnn1C. The van der Waals surface area contributed by atoms with E-state index in [-0.39, 0.29) is 11.7 Å². The topological polar surface area (TPSA) is 96.7 Å². The van der Waals surface area contributed by atoms with E-state index in [2.05, 4.69) is 10.3 Å². The summed E-state index contributed by atoms with van der Waals surface area (Å²) in [7, 11) is 1.73. The fourth-order valence-corrected chi connectivity index (χ4v) is 1.76. The first kappa shape index (κ1) is 15.0. The van der Waals surface area contributed by atoms with Crippen molar-refractivity contribution >= 4 is 11.7 Å². The Bertz CT molecular complexity index is 453. The van der Waals surface area contributed by atoms with Crippen molar-refractivity contribution < 1.29 is 10.0 Å². The second-order valence-corrected chi connectivity index (χ2v) is 4.83. The van der Waals surface area contributed by atoms with Crippen LogP contribution in [-0.2, 0) is 7.05 Å². The van der Waals surface area contributed by atoms with Crippen LogP contribution in [-0.4, -0.2) is 44.7 Å². The zero-order chi connectivity index (χ0) is 14.4. The first-order chi connectivity index (χ1) is 8.95. The number of nitrogens with zero attached hydrogens (tertiary/aromatic N) is 4. The van der Waals surface area contributed by atoms with Crippen LogP contribution in [0.5, 0.6) is 0 Å². The average Bonchev–Trinajstić information content (AvgIpc) is 2.78. The molecule has 0 radical (unpaired) electrons. The van der Waals surface area contributed by atoms with E-state index in [1.165, 1.54) is 0 Å². The molecule has 0 fully saturated rings. The Morgan fingerprint density at radius 1 is 1.63 bits per heavy atom. The molecule has 0 aromatic carbocycles. The van der Waals surface area contributed by atoms with Crippen molar-refractivity contribution in [3.05, 3.63) is 18.0 Å². The lowest BCUT2D eigenvalue weighted by Gasteiger charge is -2.24. The summed E-state index contributed by atoms with van der Waals surface area (Å²) in [5, 5.41) is 15.5. The van der Waals surface area contributed by atoms with Crippen LogP contribution < -0.4 is 5.73 Å². The highest BCUT2D eigenvalue weighted by atomic mass is 16.4. The highest BCUT2D eigenvalue weighted by molar-refractivity contribution is 5.92. The second-order valence-electron chi connectivity index (χ2n) is 4.83. The van der Waals surface area contributed by atoms with E-state index in [4.69, 9.17) is 10.9 Å². The van der Waals surface area contributed by atoms with Crippen LogP contribution in [0, 0.1) is 5.92 Å². The van der Waals surface area contributed by atoms with Gasteiger partial charge in [0.1, 0.15) is 11.5 Å². The molecular weight excluding hydrogens is 246 g/mol. The maximum atomic E-state index is 12.4. The molecule has 106 valence electrons. The number of hydrogen-bond donors (Lipinski definition) is 2. The monoisotopic (exact) mass is 267 g/mol. The van der Waals surface area contributed by atoms with Gasteiger partial charge in [0.25, 0.3) is 5.91 Å². The van der Waals surface area contributed by atoms with E-state index in [0.717, 1.165) is 0 Å². The highest BCUT2D eigenvalue weighted by Crippen LogP contribution is 2.07. The molecule has 3 N–H and O–H groups in total. The Kier molecular flexibility index (Phi) is 5.35. The Morgan fingerprint density at radius 2 is 2.32 bits per heavy atom. The van der Waals surface area contributed by atoms with E-state index in [1.807, 2.05) is 13.8 Å². The predicted molar refractivity (Wildman–Crippen MR) is 72.0 cm³/mol. The van der Waals surface area contributed by atoms with Crippen molar-refractivity contribution in [2.75, 3.05) is 13.1 Å². The number of aryl methyl sites for hydroxylation is 1. The minimum absolute atomic E-state index is 0.0977. The van der Waals surface area contributed by atoms with Gasteiger partial charge in [-0.25, -0.2) is 0 Å². The number of rotatable bonds is 6. The smallest absolute Gasteiger partial charge is 0.272 e. The van der Waals surface area contributed by atoms with Gasteiger partial charge in [-0.2, -0.15) is 5.10 Å². The van der Waals surface area contributed by atoms with Crippen LogP contribution in [0.3, 0.4) is 0 Å². The number of amidine groups is 1. The molecule has 19 heavy (non-hydrogen) atoms. The standard InChI is InChI=1S/C12H21N5O2/c1-9(2)8-17(7-5-11(13)15-19)12(18)10-4-6-14-16(10)3/h4,6,9,19H,5,7-8H2,1-3H3,(H2,13,15). The molecule has 0 aliphatic rings. The maximum Gasteiger partial charge on any atom is 0.272 e. The van der Waals surface area contributed by atoms with E-state index < -0.39 is 0 Å². The third-order valence-corrected chi connectivity index (χ3v) is 2.68. The summed E-state index contributed by atoms with van der Waals surface area (Å²) in [4.78, 5) is 14.1. The molecule has 0 unspecified atom stereocenters. The third kappa shape index (κ3) is 4.27. The molecule has 1 aromatic heterocycles. The summed E-state index contributed by atoms with van der Waals surface area (Å²) in [6.45, 7) is 5.10. The largest absolute Gasteiger partial charge is 0.409 e. The number of carbonyl (C=O) groups is 1. The van der Waals surface area contributed by atoms with Gasteiger partial charge in [0.15, 0.2) is 0 Å². The lowest BCUT2D eigenvalue weighted by molar-refractivity contribution is 0.0729. The van der Waals surface area contributed by atoms with Gasteiger partial charge in [-0.05, 0) is 12.0 Å². The Balaban J connectivity index is 2.79. The van der Waals surface area contributed by atoms with Crippen LogP contribution in [0.1, 0.15) is 30.8 Å². The molecule has 0 spiro atoms. The van der Waals surface area contributed by atoms with Crippen LogP contribution >= 0.6 is 0 Å². The molecule has 0 atom stereocenters. The molecule has 7 heteroatoms. The second kappa shape index (κ2) is 6.77. The minimum Gasteiger partial charge on any atom is -0.409 e. The Morgan fingerprint density at radius 3 is 2.79 bits per heavy atom. The summed E-state index contributed by atoms with van der Waals surface area (Å²) in [5.74, 6) is 0.357. The van der Waals surface area contributed by atoms with Crippen molar-refractivity contribution in [1.29, 1.82) is 0 Å². The molecule has 0 saturated heterocycles. The van der Waals surface area contributed by atoms with Crippen molar-refractivity contribution in [3.63, 3.8) is 0 Å². The van der Waals surface area contributed by atoms with E-state index in [1.54, 1.807) is 28.9 Å². The van der Waals surface area contributed by atoms with Gasteiger partial charge >= 0.3 is 0 Å². The predicted octanol–water partition coefficient (Wildman–Crippen LogP) is 0.655. The quantitative estimate of drug-likeness (QED) is 0.342. The van der Waals surface area contributed by atoms with Gasteiger partial charge in [0.2, 0.25) is 0 Å². The van der Waals surface area contributed by atoms with Gasteiger partial charge in [0.05, 0.1) is 0 Å². The maximum absolute atomic E-state index is 12.4. The van der Waals surface area contributed by atoms with E-state index in [0.29, 0.717) is 31.1 Å². The lowest BCUT2D eigenvalue weighted by atomic mass is 10.2. The number of hydrogen-bond acceptors (Lipinski definition) is 4. The van der Waals surface area contributed by atoms with Crippen molar-refractivity contribution in [2.45, 2.75) is 20.3 Å². The molecule has 0 bridgehead atoms. The number of carbonyl (C=O) groups excluding carboxylic acids is 1. The Hall–Kier alpha value is -2.05. The van der Waals surface area contributed by atoms with Crippen LogP contribution in [0.2, 0.25) is 0 Å². The fraction of sp³-hybridized carbons (Fsp3) is 0.583. The summed E-state index contributed by atoms with van der Waals surface area (Å²) in [5.41, 5.74) is 5.97. The van der Waals surface area contributed by atoms with E-state index >= 15 is 0 Å². The summed E-state index contributed by atoms with van der Waals surface area (Å²) < 4.78 is 1.54. The molecule has 1 aromatic rings. The summed E-state index contributed by atoms with van der Waals surface area (Å²) in [6, 6.07) is 1.68. The van der Waals surface area contributed by atoms with Crippen molar-refractivity contribution in [1.82, 2.24) is 14.7 Å². The zero-order valence-electron chi connectivity index (χ0n) is 11.6. The molecule has 1 heterocycles. The summed E-state index contributed by atoms with van der Waals surface area (Å²) in [6.07, 6.45) is 1.93. The van der Waals surface area contributed by atoms with Gasteiger partial charge in [-0.15, -0.1) is 0 Å². The molecule has 1 amide bonds. The van der Waals surface area contributed by atoms with Crippen molar-refractivity contribution in [3.8, 4) is 0 Å². The summed E-state index contributed by atoms with van der Waals surface area (Å²) >= 11 is 0. The number of oxime groups is 1. The Labute approximate surface area is 112 Å². The molecule has 0 aliphatic heterocycles. The molecule has 1 rings (SSSR count).